The van der Waals surface area contributed by atoms with Gasteiger partial charge in [-0.15, -0.1) is 0 Å². The van der Waals surface area contributed by atoms with E-state index in [2.05, 4.69) is 10.6 Å². The molecule has 9 heteroatoms. The Morgan fingerprint density at radius 2 is 1.80 bits per heavy atom. The minimum absolute atomic E-state index is 0.0415. The minimum Gasteiger partial charge on any atom is -0.491 e. The molecule has 1 saturated heterocycles. The fourth-order valence-corrected chi connectivity index (χ4v) is 4.93. The van der Waals surface area contributed by atoms with Crippen LogP contribution in [0.25, 0.3) is 0 Å². The number of nitrogens with one attached hydrogen (secondary N) is 2. The number of methoxy groups -OCH3 is 1. The highest BCUT2D eigenvalue weighted by Gasteiger charge is 2.33. The minimum atomic E-state index is -0.130. The summed E-state index contributed by atoms with van der Waals surface area (Å²) in [4.78, 5) is 32.7. The number of ether oxygens (including phenoxy) is 2. The van der Waals surface area contributed by atoms with Crippen molar-refractivity contribution in [3.63, 3.8) is 0 Å². The molecule has 0 radical (unpaired) electrons. The number of nitrogens with zero attached hydrogens (tertiary/aromatic N) is 2. The summed E-state index contributed by atoms with van der Waals surface area (Å²) >= 11 is 1.31. The first-order chi connectivity index (χ1) is 19.5. The highest BCUT2D eigenvalue weighted by Crippen LogP contribution is 2.36. The number of benzene rings is 3. The lowest BCUT2D eigenvalue weighted by atomic mass is 10.1. The van der Waals surface area contributed by atoms with Crippen LogP contribution in [-0.2, 0) is 22.6 Å². The second-order valence-corrected chi connectivity index (χ2v) is 10.1. The standard InChI is InChI=1S/C31H34N4O4S/c1-4-33-27-15-12-25(22(2)36)18-28(27)34-31-35(21-24-8-6-5-7-9-24)30(37)29(40-31)20-32-19-23-10-13-26(14-11-23)39-17-16-38-3/h5-15,18,20,32-33H,4,16-17,19,21H2,1-3H3. The number of amidine groups is 1. The van der Waals surface area contributed by atoms with Crippen LogP contribution in [0.2, 0.25) is 0 Å². The molecule has 0 aromatic heterocycles. The molecule has 0 atom stereocenters. The number of carbonyl (C=O) groups is 2. The zero-order chi connectivity index (χ0) is 28.3. The van der Waals surface area contributed by atoms with Gasteiger partial charge in [-0.05, 0) is 67.1 Å². The van der Waals surface area contributed by atoms with Crippen molar-refractivity contribution in [3.05, 3.63) is 101 Å². The van der Waals surface area contributed by atoms with Crippen molar-refractivity contribution in [2.24, 2.45) is 4.99 Å². The van der Waals surface area contributed by atoms with E-state index in [1.165, 1.54) is 18.7 Å². The van der Waals surface area contributed by atoms with Gasteiger partial charge in [0.05, 0.1) is 29.4 Å². The van der Waals surface area contributed by atoms with E-state index < -0.39 is 0 Å². The van der Waals surface area contributed by atoms with Gasteiger partial charge in [0.15, 0.2) is 11.0 Å². The van der Waals surface area contributed by atoms with Crippen molar-refractivity contribution in [1.82, 2.24) is 10.2 Å². The summed E-state index contributed by atoms with van der Waals surface area (Å²) in [6.45, 7) is 6.20. The summed E-state index contributed by atoms with van der Waals surface area (Å²) in [7, 11) is 1.64. The van der Waals surface area contributed by atoms with Crippen molar-refractivity contribution in [2.45, 2.75) is 26.9 Å². The molecule has 0 bridgehead atoms. The molecule has 4 rings (SSSR count). The maximum atomic E-state index is 13.5. The number of thioether (sulfide) groups is 1. The molecule has 1 aliphatic heterocycles. The van der Waals surface area contributed by atoms with Crippen molar-refractivity contribution < 1.29 is 19.1 Å². The van der Waals surface area contributed by atoms with Gasteiger partial charge in [-0.1, -0.05) is 42.5 Å². The third-order valence-electron chi connectivity index (χ3n) is 6.08. The molecule has 1 aliphatic rings. The van der Waals surface area contributed by atoms with Gasteiger partial charge in [0, 0.05) is 32.0 Å². The first-order valence-corrected chi connectivity index (χ1v) is 14.0. The first-order valence-electron chi connectivity index (χ1n) is 13.1. The van der Waals surface area contributed by atoms with Crippen molar-refractivity contribution in [1.29, 1.82) is 0 Å². The number of hydrogen-bond donors (Lipinski definition) is 2. The van der Waals surface area contributed by atoms with Gasteiger partial charge in [0.1, 0.15) is 12.4 Å². The Bertz CT molecular complexity index is 1370. The van der Waals surface area contributed by atoms with Crippen LogP contribution < -0.4 is 15.4 Å². The highest BCUT2D eigenvalue weighted by molar-refractivity contribution is 8.18. The quantitative estimate of drug-likeness (QED) is 0.157. The normalized spacial score (nSPS) is 15.1. The lowest BCUT2D eigenvalue weighted by Crippen LogP contribution is -2.28. The smallest absolute Gasteiger partial charge is 0.268 e. The van der Waals surface area contributed by atoms with Gasteiger partial charge in [-0.3, -0.25) is 14.5 Å². The van der Waals surface area contributed by atoms with Crippen LogP contribution in [-0.4, -0.2) is 48.6 Å². The topological polar surface area (TPSA) is 92.3 Å². The predicted octanol–water partition coefficient (Wildman–Crippen LogP) is 5.74. The van der Waals surface area contributed by atoms with Crippen molar-refractivity contribution >= 4 is 40.0 Å². The second-order valence-electron chi connectivity index (χ2n) is 9.07. The molecule has 1 fully saturated rings. The molecule has 0 unspecified atom stereocenters. The van der Waals surface area contributed by atoms with Crippen molar-refractivity contribution in [3.8, 4) is 5.75 Å². The molecular formula is C31H34N4O4S. The third kappa shape index (κ3) is 7.74. The predicted molar refractivity (Wildman–Crippen MR) is 161 cm³/mol. The van der Waals surface area contributed by atoms with E-state index in [0.717, 1.165) is 22.6 Å². The fraction of sp³-hybridized carbons (Fsp3) is 0.258. The molecule has 0 aliphatic carbocycles. The lowest BCUT2D eigenvalue weighted by molar-refractivity contribution is -0.122. The summed E-state index contributed by atoms with van der Waals surface area (Å²) in [6.07, 6.45) is 1.74. The van der Waals surface area contributed by atoms with E-state index in [4.69, 9.17) is 14.5 Å². The maximum Gasteiger partial charge on any atom is 0.268 e. The number of Topliss-reactive ketones (excluding diaryl/α,β-unsaturated/α-hetero) is 1. The number of hydrogen-bond acceptors (Lipinski definition) is 8. The van der Waals surface area contributed by atoms with E-state index in [0.29, 0.717) is 54.2 Å². The SMILES string of the molecule is CCNc1ccc(C(C)=O)cc1N=C1SC(=CNCc2ccc(OCCOC)cc2)C(=O)N1Cc1ccccc1. The molecule has 2 N–H and O–H groups in total. The van der Waals surface area contributed by atoms with Gasteiger partial charge < -0.3 is 20.1 Å². The number of carbonyl (C=O) groups excluding carboxylic acids is 2. The molecule has 3 aromatic carbocycles. The van der Waals surface area contributed by atoms with Crippen LogP contribution in [0.4, 0.5) is 11.4 Å². The molecule has 0 spiro atoms. The molecule has 3 aromatic rings. The average molecular weight is 559 g/mol. The van der Waals surface area contributed by atoms with E-state index in [-0.39, 0.29) is 11.7 Å². The number of ketones is 1. The molecule has 8 nitrogen and oxygen atoms in total. The Labute approximate surface area is 239 Å². The van der Waals surface area contributed by atoms with Gasteiger partial charge in [0.2, 0.25) is 0 Å². The number of aliphatic imine (C=N–C) groups is 1. The Balaban J connectivity index is 1.55. The van der Waals surface area contributed by atoms with E-state index >= 15 is 0 Å². The molecule has 40 heavy (non-hydrogen) atoms. The summed E-state index contributed by atoms with van der Waals surface area (Å²) in [6, 6.07) is 23.0. The molecule has 0 saturated carbocycles. The van der Waals surface area contributed by atoms with E-state index in [1.807, 2.05) is 67.6 Å². The van der Waals surface area contributed by atoms with Gasteiger partial charge in [0.25, 0.3) is 5.91 Å². The third-order valence-corrected chi connectivity index (χ3v) is 7.08. The van der Waals surface area contributed by atoms with Gasteiger partial charge in [-0.25, -0.2) is 4.99 Å². The van der Waals surface area contributed by atoms with E-state index in [1.54, 1.807) is 30.3 Å². The molecular weight excluding hydrogens is 524 g/mol. The second kappa shape index (κ2) is 14.3. The van der Waals surface area contributed by atoms with Crippen molar-refractivity contribution in [2.75, 3.05) is 32.2 Å². The number of amides is 1. The Kier molecular flexibility index (Phi) is 10.4. The highest BCUT2D eigenvalue weighted by atomic mass is 32.2. The first kappa shape index (κ1) is 28.9. The van der Waals surface area contributed by atoms with Crippen LogP contribution in [0.3, 0.4) is 0 Å². The maximum absolute atomic E-state index is 13.5. The lowest BCUT2D eigenvalue weighted by Gasteiger charge is -2.16. The Morgan fingerprint density at radius 3 is 2.50 bits per heavy atom. The zero-order valence-corrected chi connectivity index (χ0v) is 23.8. The van der Waals surface area contributed by atoms with E-state index in [9.17, 15) is 9.59 Å². The largest absolute Gasteiger partial charge is 0.491 e. The Morgan fingerprint density at radius 1 is 1.02 bits per heavy atom. The average Bonchev–Trinajstić information content (AvgIpc) is 3.24. The number of rotatable bonds is 13. The van der Waals surface area contributed by atoms with Crippen LogP contribution in [0.5, 0.6) is 5.75 Å². The summed E-state index contributed by atoms with van der Waals surface area (Å²) < 4.78 is 10.6. The zero-order valence-electron chi connectivity index (χ0n) is 23.0. The summed E-state index contributed by atoms with van der Waals surface area (Å²) in [5.41, 5.74) is 4.04. The monoisotopic (exact) mass is 558 g/mol. The van der Waals surface area contributed by atoms with Crippen LogP contribution in [0.1, 0.15) is 35.3 Å². The Hall–Kier alpha value is -4.08. The van der Waals surface area contributed by atoms with Crippen LogP contribution >= 0.6 is 11.8 Å². The van der Waals surface area contributed by atoms with Gasteiger partial charge in [-0.2, -0.15) is 0 Å². The van der Waals surface area contributed by atoms with Crippen LogP contribution in [0.15, 0.2) is 88.9 Å². The molecule has 208 valence electrons. The van der Waals surface area contributed by atoms with Gasteiger partial charge >= 0.3 is 0 Å². The fourth-order valence-electron chi connectivity index (χ4n) is 3.99. The van der Waals surface area contributed by atoms with Crippen LogP contribution in [0, 0.1) is 0 Å². The summed E-state index contributed by atoms with van der Waals surface area (Å²) in [5.74, 6) is 0.610. The summed E-state index contributed by atoms with van der Waals surface area (Å²) in [5, 5.41) is 7.12. The molecule has 1 amide bonds. The molecule has 1 heterocycles. The number of anilines is 1.